The van der Waals surface area contributed by atoms with Gasteiger partial charge in [-0.15, -0.1) is 0 Å². The van der Waals surface area contributed by atoms with Crippen LogP contribution in [0.1, 0.15) is 28.7 Å². The SMILES string of the molecule is Cc1ccc([C@H]2COCCN2Cc2cc(F)ccc2C#N)o1. The van der Waals surface area contributed by atoms with Crippen LogP contribution in [0, 0.1) is 24.1 Å². The Hall–Kier alpha value is -2.16. The normalized spacial score (nSPS) is 19.0. The highest BCUT2D eigenvalue weighted by Crippen LogP contribution is 2.28. The quantitative estimate of drug-likeness (QED) is 0.873. The summed E-state index contributed by atoms with van der Waals surface area (Å²) in [5.41, 5.74) is 1.19. The molecule has 3 rings (SSSR count). The average Bonchev–Trinajstić information content (AvgIpc) is 2.94. The van der Waals surface area contributed by atoms with Crippen LogP contribution in [0.4, 0.5) is 4.39 Å². The minimum Gasteiger partial charge on any atom is -0.465 e. The van der Waals surface area contributed by atoms with Crippen molar-refractivity contribution in [3.63, 3.8) is 0 Å². The molecule has 1 aromatic heterocycles. The summed E-state index contributed by atoms with van der Waals surface area (Å²) in [6.07, 6.45) is 0. The van der Waals surface area contributed by atoms with E-state index in [4.69, 9.17) is 9.15 Å². The number of nitrogens with zero attached hydrogens (tertiary/aromatic N) is 2. The highest BCUT2D eigenvalue weighted by atomic mass is 19.1. The largest absolute Gasteiger partial charge is 0.465 e. The maximum absolute atomic E-state index is 13.5. The van der Waals surface area contributed by atoms with Crippen LogP contribution in [0.3, 0.4) is 0 Å². The minimum atomic E-state index is -0.326. The number of furan rings is 1. The second kappa shape index (κ2) is 6.30. The van der Waals surface area contributed by atoms with Crippen molar-refractivity contribution >= 4 is 0 Å². The number of nitriles is 1. The molecule has 0 saturated carbocycles. The van der Waals surface area contributed by atoms with Gasteiger partial charge in [0.25, 0.3) is 0 Å². The molecule has 0 N–H and O–H groups in total. The minimum absolute atomic E-state index is 0.0164. The molecule has 1 atom stereocenters. The van der Waals surface area contributed by atoms with Gasteiger partial charge in [-0.1, -0.05) is 0 Å². The first-order valence-corrected chi connectivity index (χ1v) is 7.24. The summed E-state index contributed by atoms with van der Waals surface area (Å²) in [5, 5.41) is 9.19. The molecule has 2 heterocycles. The van der Waals surface area contributed by atoms with Gasteiger partial charge in [-0.2, -0.15) is 5.26 Å². The van der Waals surface area contributed by atoms with E-state index in [9.17, 15) is 9.65 Å². The number of benzene rings is 1. The first-order valence-electron chi connectivity index (χ1n) is 7.24. The third-order valence-electron chi connectivity index (χ3n) is 3.89. The Bertz CT molecular complexity index is 705. The third-order valence-corrected chi connectivity index (χ3v) is 3.89. The lowest BCUT2D eigenvalue weighted by molar-refractivity contribution is -0.0205. The monoisotopic (exact) mass is 300 g/mol. The summed E-state index contributed by atoms with van der Waals surface area (Å²) in [5.74, 6) is 1.36. The molecule has 1 aliphatic heterocycles. The lowest BCUT2D eigenvalue weighted by Gasteiger charge is -2.34. The summed E-state index contributed by atoms with van der Waals surface area (Å²) < 4.78 is 24.8. The van der Waals surface area contributed by atoms with E-state index in [0.29, 0.717) is 37.4 Å². The van der Waals surface area contributed by atoms with E-state index in [0.717, 1.165) is 11.5 Å². The molecule has 0 bridgehead atoms. The molecule has 0 unspecified atom stereocenters. The van der Waals surface area contributed by atoms with Crippen molar-refractivity contribution in [1.82, 2.24) is 4.90 Å². The Kier molecular flexibility index (Phi) is 4.23. The summed E-state index contributed by atoms with van der Waals surface area (Å²) in [4.78, 5) is 2.16. The molecular formula is C17H17FN2O2. The average molecular weight is 300 g/mol. The van der Waals surface area contributed by atoms with Gasteiger partial charge in [-0.05, 0) is 42.8 Å². The zero-order valence-electron chi connectivity index (χ0n) is 12.4. The van der Waals surface area contributed by atoms with Crippen molar-refractivity contribution in [1.29, 1.82) is 5.26 Å². The molecule has 0 aliphatic carbocycles. The Morgan fingerprint density at radius 3 is 2.95 bits per heavy atom. The van der Waals surface area contributed by atoms with Crippen LogP contribution < -0.4 is 0 Å². The van der Waals surface area contributed by atoms with Crippen LogP contribution >= 0.6 is 0 Å². The molecule has 1 aromatic carbocycles. The zero-order valence-corrected chi connectivity index (χ0v) is 12.4. The number of aryl methyl sites for hydroxylation is 1. The number of hydrogen-bond donors (Lipinski definition) is 0. The second-order valence-corrected chi connectivity index (χ2v) is 5.42. The van der Waals surface area contributed by atoms with E-state index in [-0.39, 0.29) is 11.9 Å². The lowest BCUT2D eigenvalue weighted by Crippen LogP contribution is -2.39. The molecule has 22 heavy (non-hydrogen) atoms. The first-order chi connectivity index (χ1) is 10.7. The van der Waals surface area contributed by atoms with Crippen LogP contribution in [0.15, 0.2) is 34.7 Å². The molecule has 5 heteroatoms. The smallest absolute Gasteiger partial charge is 0.123 e. The Balaban J connectivity index is 1.86. The summed E-state index contributed by atoms with van der Waals surface area (Å²) in [6, 6.07) is 10.2. The highest BCUT2D eigenvalue weighted by Gasteiger charge is 2.27. The van der Waals surface area contributed by atoms with Crippen molar-refractivity contribution in [2.24, 2.45) is 0 Å². The molecule has 1 fully saturated rings. The Morgan fingerprint density at radius 1 is 1.36 bits per heavy atom. The van der Waals surface area contributed by atoms with E-state index < -0.39 is 0 Å². The van der Waals surface area contributed by atoms with Gasteiger partial charge in [-0.3, -0.25) is 4.90 Å². The highest BCUT2D eigenvalue weighted by molar-refractivity contribution is 5.38. The molecule has 0 spiro atoms. The maximum atomic E-state index is 13.5. The fourth-order valence-electron chi connectivity index (χ4n) is 2.74. The summed E-state index contributed by atoms with van der Waals surface area (Å²) in [6.45, 7) is 4.26. The molecule has 1 saturated heterocycles. The van der Waals surface area contributed by atoms with E-state index in [1.807, 2.05) is 19.1 Å². The molecule has 0 radical (unpaired) electrons. The first kappa shape index (κ1) is 14.8. The number of hydrogen-bond acceptors (Lipinski definition) is 4. The molecule has 4 nitrogen and oxygen atoms in total. The van der Waals surface area contributed by atoms with Crippen LogP contribution in [-0.2, 0) is 11.3 Å². The van der Waals surface area contributed by atoms with E-state index >= 15 is 0 Å². The van der Waals surface area contributed by atoms with Crippen molar-refractivity contribution in [2.75, 3.05) is 19.8 Å². The fourth-order valence-corrected chi connectivity index (χ4v) is 2.74. The topological polar surface area (TPSA) is 49.4 Å². The van der Waals surface area contributed by atoms with E-state index in [2.05, 4.69) is 11.0 Å². The molecular weight excluding hydrogens is 283 g/mol. The van der Waals surface area contributed by atoms with Gasteiger partial charge >= 0.3 is 0 Å². The summed E-state index contributed by atoms with van der Waals surface area (Å²) in [7, 11) is 0. The molecule has 1 aliphatic rings. The van der Waals surface area contributed by atoms with E-state index in [1.165, 1.54) is 18.2 Å². The van der Waals surface area contributed by atoms with Gasteiger partial charge in [0.2, 0.25) is 0 Å². The lowest BCUT2D eigenvalue weighted by atomic mass is 10.1. The van der Waals surface area contributed by atoms with E-state index in [1.54, 1.807) is 0 Å². The maximum Gasteiger partial charge on any atom is 0.123 e. The van der Waals surface area contributed by atoms with Crippen molar-refractivity contribution in [3.8, 4) is 6.07 Å². The van der Waals surface area contributed by atoms with Crippen LogP contribution in [0.5, 0.6) is 0 Å². The third kappa shape index (κ3) is 3.03. The number of ether oxygens (including phenoxy) is 1. The van der Waals surface area contributed by atoms with Crippen LogP contribution in [-0.4, -0.2) is 24.7 Å². The predicted octanol–water partition coefficient (Wildman–Crippen LogP) is 3.17. The van der Waals surface area contributed by atoms with Gasteiger partial charge in [0.1, 0.15) is 17.3 Å². The van der Waals surface area contributed by atoms with Gasteiger partial charge in [0.15, 0.2) is 0 Å². The van der Waals surface area contributed by atoms with Crippen LogP contribution in [0.25, 0.3) is 0 Å². The summed E-state index contributed by atoms with van der Waals surface area (Å²) >= 11 is 0. The molecule has 2 aromatic rings. The van der Waals surface area contributed by atoms with Crippen molar-refractivity contribution in [2.45, 2.75) is 19.5 Å². The van der Waals surface area contributed by atoms with Gasteiger partial charge in [0, 0.05) is 13.1 Å². The van der Waals surface area contributed by atoms with Gasteiger partial charge in [0.05, 0.1) is 30.9 Å². The Labute approximate surface area is 128 Å². The van der Waals surface area contributed by atoms with Crippen LogP contribution in [0.2, 0.25) is 0 Å². The Morgan fingerprint density at radius 2 is 2.23 bits per heavy atom. The second-order valence-electron chi connectivity index (χ2n) is 5.42. The molecule has 0 amide bonds. The van der Waals surface area contributed by atoms with Gasteiger partial charge in [-0.25, -0.2) is 4.39 Å². The molecule has 114 valence electrons. The standard InChI is InChI=1S/C17H17FN2O2/c1-12-2-5-17(22-12)16-11-21-7-6-20(16)10-14-8-15(18)4-3-13(14)9-19/h2-5,8,16H,6-7,10-11H2,1H3/t16-/m1/s1. The number of halogens is 1. The number of rotatable bonds is 3. The fraction of sp³-hybridized carbons (Fsp3) is 0.353. The number of morpholine rings is 1. The van der Waals surface area contributed by atoms with Crippen molar-refractivity contribution in [3.05, 3.63) is 58.8 Å². The predicted molar refractivity (Wildman–Crippen MR) is 78.5 cm³/mol. The van der Waals surface area contributed by atoms with Gasteiger partial charge < -0.3 is 9.15 Å². The van der Waals surface area contributed by atoms with Crippen molar-refractivity contribution < 1.29 is 13.5 Å². The zero-order chi connectivity index (χ0) is 15.5.